The number of nitriles is 1. The Labute approximate surface area is 187 Å². The van der Waals surface area contributed by atoms with E-state index < -0.39 is 0 Å². The van der Waals surface area contributed by atoms with Crippen molar-refractivity contribution in [3.63, 3.8) is 0 Å². The van der Waals surface area contributed by atoms with Crippen molar-refractivity contribution in [2.75, 3.05) is 6.54 Å². The largest absolute Gasteiger partial charge is 0.404 e. The van der Waals surface area contributed by atoms with Crippen molar-refractivity contribution in [3.05, 3.63) is 72.1 Å². The van der Waals surface area contributed by atoms with Crippen molar-refractivity contribution in [2.45, 2.75) is 37.2 Å². The molecule has 2 aromatic carbocycles. The Morgan fingerprint density at radius 1 is 1.29 bits per heavy atom. The fraction of sp³-hybridized carbons (Fsp3) is 0.280. The summed E-state index contributed by atoms with van der Waals surface area (Å²) in [4.78, 5) is 1.11. The van der Waals surface area contributed by atoms with Gasteiger partial charge in [0, 0.05) is 58.6 Å². The van der Waals surface area contributed by atoms with Crippen LogP contribution in [0.2, 0.25) is 0 Å². The quantitative estimate of drug-likeness (QED) is 0.413. The van der Waals surface area contributed by atoms with Gasteiger partial charge >= 0.3 is 0 Å². The van der Waals surface area contributed by atoms with E-state index in [0.717, 1.165) is 40.9 Å². The van der Waals surface area contributed by atoms with E-state index in [2.05, 4.69) is 59.3 Å². The van der Waals surface area contributed by atoms with Crippen LogP contribution in [0.25, 0.3) is 16.5 Å². The van der Waals surface area contributed by atoms with Gasteiger partial charge in [0.1, 0.15) is 0 Å². The molecule has 1 fully saturated rings. The summed E-state index contributed by atoms with van der Waals surface area (Å²) in [7, 11) is 0. The maximum Gasteiger partial charge on any atom is 0.0992 e. The molecule has 2 heterocycles. The molecule has 4 rings (SSSR count). The van der Waals surface area contributed by atoms with Crippen molar-refractivity contribution < 1.29 is 0 Å². The Morgan fingerprint density at radius 2 is 2.13 bits per heavy atom. The van der Waals surface area contributed by atoms with Gasteiger partial charge in [-0.3, -0.25) is 0 Å². The van der Waals surface area contributed by atoms with Crippen LogP contribution in [0.15, 0.2) is 65.8 Å². The van der Waals surface area contributed by atoms with Crippen molar-refractivity contribution in [3.8, 4) is 6.07 Å². The normalized spacial score (nSPS) is 18.9. The summed E-state index contributed by atoms with van der Waals surface area (Å²) in [5.41, 5.74) is 9.32. The minimum Gasteiger partial charge on any atom is -0.404 e. The number of nitrogens with zero attached hydrogens (tertiary/aromatic N) is 3. The molecule has 0 radical (unpaired) electrons. The van der Waals surface area contributed by atoms with E-state index in [1.807, 2.05) is 24.3 Å². The fourth-order valence-electron chi connectivity index (χ4n) is 4.43. The van der Waals surface area contributed by atoms with Crippen LogP contribution in [0.3, 0.4) is 0 Å². The summed E-state index contributed by atoms with van der Waals surface area (Å²) in [5, 5.41) is 17.9. The summed E-state index contributed by atoms with van der Waals surface area (Å²) in [5.74, 6) is 0.540. The Morgan fingerprint density at radius 3 is 2.87 bits per heavy atom. The molecule has 0 amide bonds. The summed E-state index contributed by atoms with van der Waals surface area (Å²) in [6.07, 6.45) is 6.04. The van der Waals surface area contributed by atoms with Crippen molar-refractivity contribution >= 4 is 34.6 Å². The summed E-state index contributed by atoms with van der Waals surface area (Å²) in [6.45, 7) is 6.56. The topological polar surface area (TPSA) is 81.8 Å². The zero-order valence-electron chi connectivity index (χ0n) is 17.9. The number of hydrogen-bond acceptors (Lipinski definition) is 5. The molecule has 0 bridgehead atoms. The van der Waals surface area contributed by atoms with Gasteiger partial charge in [0.15, 0.2) is 0 Å². The predicted octanol–water partition coefficient (Wildman–Crippen LogP) is 5.27. The highest BCUT2D eigenvalue weighted by Crippen LogP contribution is 2.41. The molecule has 0 aliphatic carbocycles. The first kappa shape index (κ1) is 21.2. The first-order chi connectivity index (χ1) is 14.9. The van der Waals surface area contributed by atoms with Gasteiger partial charge in [-0.2, -0.15) is 5.26 Å². The van der Waals surface area contributed by atoms with Gasteiger partial charge in [0.25, 0.3) is 0 Å². The molecule has 0 spiro atoms. The molecule has 1 atom stereocenters. The van der Waals surface area contributed by atoms with E-state index in [1.165, 1.54) is 17.9 Å². The number of rotatable bonds is 6. The summed E-state index contributed by atoms with van der Waals surface area (Å²) in [6, 6.07) is 18.4. The van der Waals surface area contributed by atoms with E-state index >= 15 is 0 Å². The van der Waals surface area contributed by atoms with Gasteiger partial charge in [-0.05, 0) is 80.1 Å². The minimum atomic E-state index is 0.0822. The smallest absolute Gasteiger partial charge is 0.0992 e. The second kappa shape index (κ2) is 8.62. The highest BCUT2D eigenvalue weighted by Gasteiger charge is 2.39. The lowest BCUT2D eigenvalue weighted by Gasteiger charge is -2.30. The number of benzene rings is 2. The van der Waals surface area contributed by atoms with Gasteiger partial charge in [-0.25, -0.2) is 4.31 Å². The van der Waals surface area contributed by atoms with Gasteiger partial charge in [0.05, 0.1) is 11.6 Å². The van der Waals surface area contributed by atoms with Crippen LogP contribution in [-0.4, -0.2) is 27.2 Å². The zero-order chi connectivity index (χ0) is 22.0. The van der Waals surface area contributed by atoms with E-state index in [1.54, 1.807) is 11.9 Å². The fourth-order valence-corrected chi connectivity index (χ4v) is 5.61. The molecule has 3 aromatic rings. The maximum absolute atomic E-state index is 9.18. The van der Waals surface area contributed by atoms with Gasteiger partial charge in [0.2, 0.25) is 0 Å². The number of nitrogens with one attached hydrogen (secondary N) is 1. The number of aromatic nitrogens is 1. The molecular weight excluding hydrogens is 402 g/mol. The molecule has 6 heteroatoms. The first-order valence-electron chi connectivity index (χ1n) is 10.4. The summed E-state index contributed by atoms with van der Waals surface area (Å²) < 4.78 is 4.79. The van der Waals surface area contributed by atoms with Crippen LogP contribution in [0.4, 0.5) is 0 Å². The second-order valence-corrected chi connectivity index (χ2v) is 9.78. The third-order valence-electron chi connectivity index (χ3n) is 5.96. The lowest BCUT2D eigenvalue weighted by Crippen LogP contribution is -2.32. The average molecular weight is 430 g/mol. The van der Waals surface area contributed by atoms with E-state index in [4.69, 9.17) is 11.1 Å². The number of allylic oxidation sites excluding steroid dienone is 1. The number of hydrogen-bond donors (Lipinski definition) is 2. The van der Waals surface area contributed by atoms with E-state index in [9.17, 15) is 5.26 Å². The third-order valence-corrected chi connectivity index (χ3v) is 7.29. The Hall–Kier alpha value is -3.01. The summed E-state index contributed by atoms with van der Waals surface area (Å²) >= 11 is 1.75. The molecule has 1 unspecified atom stereocenters. The molecular formula is C25H27N5S. The molecule has 1 aliphatic rings. The van der Waals surface area contributed by atoms with Crippen LogP contribution in [0.1, 0.15) is 31.4 Å². The van der Waals surface area contributed by atoms with Gasteiger partial charge in [-0.15, -0.1) is 0 Å². The molecule has 5 nitrogen and oxygen atoms in total. The Kier molecular flexibility index (Phi) is 5.90. The zero-order valence-corrected chi connectivity index (χ0v) is 18.7. The molecule has 158 valence electrons. The van der Waals surface area contributed by atoms with Crippen LogP contribution in [0.5, 0.6) is 0 Å². The highest BCUT2D eigenvalue weighted by atomic mass is 32.2. The second-order valence-electron chi connectivity index (χ2n) is 8.68. The van der Waals surface area contributed by atoms with Crippen molar-refractivity contribution in [1.29, 1.82) is 10.7 Å². The lowest BCUT2D eigenvalue weighted by atomic mass is 9.97. The third kappa shape index (κ3) is 4.39. The number of nitrogens with two attached hydrogens (primary N) is 1. The van der Waals surface area contributed by atoms with Crippen LogP contribution in [-0.2, 0) is 6.54 Å². The molecule has 1 aliphatic heterocycles. The Bertz CT molecular complexity index is 1180. The minimum absolute atomic E-state index is 0.0822. The van der Waals surface area contributed by atoms with Gasteiger partial charge in [-0.1, -0.05) is 12.1 Å². The highest BCUT2D eigenvalue weighted by molar-refractivity contribution is 7.97. The standard InChI is InChI=1S/C25H27N5S/c1-25(2)12-19(17-30(25)31-23-5-3-4-18(10-23)13-26)16-29-9-8-21-11-20(6-7-24(21)29)22(14-27)15-28/h3-11,14-15,19,27H,12,16-17,28H2,1-2H3/b22-15+,27-14?. The van der Waals surface area contributed by atoms with Crippen molar-refractivity contribution in [1.82, 2.24) is 8.87 Å². The van der Waals surface area contributed by atoms with Crippen molar-refractivity contribution in [2.24, 2.45) is 11.7 Å². The van der Waals surface area contributed by atoms with E-state index in [0.29, 0.717) is 11.5 Å². The van der Waals surface area contributed by atoms with E-state index in [-0.39, 0.29) is 5.54 Å². The molecule has 31 heavy (non-hydrogen) atoms. The van der Waals surface area contributed by atoms with Gasteiger partial charge < -0.3 is 15.7 Å². The SMILES string of the molecule is CC1(C)CC(Cn2ccc3cc(/C(C=N)=C/N)ccc32)CN1Sc1cccc(C#N)c1. The Balaban J connectivity index is 1.50. The number of fused-ring (bicyclic) bond motifs is 1. The maximum atomic E-state index is 9.18. The first-order valence-corrected chi connectivity index (χ1v) is 11.2. The van der Waals surface area contributed by atoms with Crippen LogP contribution in [0, 0.1) is 22.7 Å². The molecule has 0 saturated carbocycles. The molecule has 3 N–H and O–H groups in total. The lowest BCUT2D eigenvalue weighted by molar-refractivity contribution is 0.319. The molecule has 1 saturated heterocycles. The molecule has 1 aromatic heterocycles. The predicted molar refractivity (Wildman–Crippen MR) is 129 cm³/mol. The average Bonchev–Trinajstić information content (AvgIpc) is 3.28. The van der Waals surface area contributed by atoms with Crippen LogP contribution < -0.4 is 5.73 Å². The van der Waals surface area contributed by atoms with Crippen LogP contribution >= 0.6 is 11.9 Å². The monoisotopic (exact) mass is 429 g/mol.